The molecule has 0 fully saturated rings. The summed E-state index contributed by atoms with van der Waals surface area (Å²) in [4.78, 5) is 0. The summed E-state index contributed by atoms with van der Waals surface area (Å²) < 4.78 is 0. The highest BCUT2D eigenvalue weighted by Gasteiger charge is 2.35. The van der Waals surface area contributed by atoms with Crippen LogP contribution in [-0.2, 0) is 5.41 Å². The van der Waals surface area contributed by atoms with Crippen LogP contribution in [0.5, 0.6) is 0 Å². The third-order valence-electron chi connectivity index (χ3n) is 5.47. The quantitative estimate of drug-likeness (QED) is 0.489. The summed E-state index contributed by atoms with van der Waals surface area (Å²) in [6.07, 6.45) is 0. The maximum absolute atomic E-state index is 2.42. The fourth-order valence-electron chi connectivity index (χ4n) is 3.94. The molecule has 3 aromatic rings. The molecule has 1 aliphatic carbocycles. The van der Waals surface area contributed by atoms with Gasteiger partial charge in [-0.25, -0.2) is 0 Å². The Hall–Kier alpha value is -2.34. The standard InChI is InChI=1S/C24H24/c1-16(2)18-10-12-20-21-14-19(17-8-6-5-7-9-17)11-13-22(21)24(3,4)23(20)15-18/h5-16H,1-4H3. The highest BCUT2D eigenvalue weighted by Crippen LogP contribution is 2.50. The third-order valence-corrected chi connectivity index (χ3v) is 5.47. The molecule has 24 heavy (non-hydrogen) atoms. The lowest BCUT2D eigenvalue weighted by Crippen LogP contribution is -2.15. The molecule has 3 aromatic carbocycles. The van der Waals surface area contributed by atoms with Gasteiger partial charge in [0.05, 0.1) is 0 Å². The maximum atomic E-state index is 2.42. The van der Waals surface area contributed by atoms with Gasteiger partial charge in [-0.15, -0.1) is 0 Å². The van der Waals surface area contributed by atoms with Gasteiger partial charge in [-0.1, -0.05) is 88.4 Å². The normalized spacial score (nSPS) is 14.5. The average Bonchev–Trinajstić information content (AvgIpc) is 2.83. The summed E-state index contributed by atoms with van der Waals surface area (Å²) in [5.41, 5.74) is 9.79. The van der Waals surface area contributed by atoms with Crippen molar-refractivity contribution in [3.8, 4) is 22.3 Å². The Morgan fingerprint density at radius 1 is 0.667 bits per heavy atom. The zero-order valence-electron chi connectivity index (χ0n) is 14.9. The second kappa shape index (κ2) is 5.34. The molecular weight excluding hydrogens is 288 g/mol. The SMILES string of the molecule is CC(C)c1ccc2c(c1)C(C)(C)c1ccc(-c3ccccc3)cc1-2. The van der Waals surface area contributed by atoms with E-state index in [0.717, 1.165) is 0 Å². The van der Waals surface area contributed by atoms with Crippen LogP contribution in [0.2, 0.25) is 0 Å². The largest absolute Gasteiger partial charge is 0.0622 e. The Balaban J connectivity index is 1.91. The molecule has 0 unspecified atom stereocenters. The zero-order valence-corrected chi connectivity index (χ0v) is 14.9. The van der Waals surface area contributed by atoms with Crippen LogP contribution in [0.15, 0.2) is 66.7 Å². The van der Waals surface area contributed by atoms with Crippen molar-refractivity contribution in [2.45, 2.75) is 39.0 Å². The van der Waals surface area contributed by atoms with Gasteiger partial charge in [0, 0.05) is 5.41 Å². The molecule has 1 aliphatic rings. The van der Waals surface area contributed by atoms with E-state index in [2.05, 4.69) is 94.4 Å². The zero-order chi connectivity index (χ0) is 16.9. The Labute approximate surface area is 145 Å². The van der Waals surface area contributed by atoms with E-state index in [-0.39, 0.29) is 5.41 Å². The second-order valence-electron chi connectivity index (χ2n) is 7.71. The van der Waals surface area contributed by atoms with Crippen molar-refractivity contribution in [2.24, 2.45) is 0 Å². The van der Waals surface area contributed by atoms with Crippen molar-refractivity contribution < 1.29 is 0 Å². The van der Waals surface area contributed by atoms with Gasteiger partial charge in [0.2, 0.25) is 0 Å². The van der Waals surface area contributed by atoms with Gasteiger partial charge in [-0.05, 0) is 50.9 Å². The molecule has 0 aromatic heterocycles. The Bertz CT molecular complexity index is 899. The van der Waals surface area contributed by atoms with Crippen molar-refractivity contribution in [3.63, 3.8) is 0 Å². The average molecular weight is 312 g/mol. The van der Waals surface area contributed by atoms with E-state index in [1.165, 1.54) is 38.9 Å². The molecule has 0 bridgehead atoms. The van der Waals surface area contributed by atoms with Gasteiger partial charge < -0.3 is 0 Å². The highest BCUT2D eigenvalue weighted by molar-refractivity contribution is 5.84. The highest BCUT2D eigenvalue weighted by atomic mass is 14.4. The van der Waals surface area contributed by atoms with Crippen molar-refractivity contribution in [1.82, 2.24) is 0 Å². The summed E-state index contributed by atoms with van der Waals surface area (Å²) in [6.45, 7) is 9.24. The Morgan fingerprint density at radius 2 is 1.42 bits per heavy atom. The van der Waals surface area contributed by atoms with E-state index in [1.807, 2.05) is 0 Å². The molecule has 0 saturated heterocycles. The molecule has 0 nitrogen and oxygen atoms in total. The number of hydrogen-bond donors (Lipinski definition) is 0. The van der Waals surface area contributed by atoms with Crippen molar-refractivity contribution in [1.29, 1.82) is 0 Å². The summed E-state index contributed by atoms with van der Waals surface area (Å²) >= 11 is 0. The van der Waals surface area contributed by atoms with E-state index < -0.39 is 0 Å². The molecule has 0 atom stereocenters. The fraction of sp³-hybridized carbons (Fsp3) is 0.250. The lowest BCUT2D eigenvalue weighted by molar-refractivity contribution is 0.658. The minimum atomic E-state index is 0.0742. The molecule has 0 radical (unpaired) electrons. The monoisotopic (exact) mass is 312 g/mol. The van der Waals surface area contributed by atoms with Gasteiger partial charge in [0.1, 0.15) is 0 Å². The predicted molar refractivity (Wildman–Crippen MR) is 104 cm³/mol. The molecule has 4 rings (SSSR count). The molecule has 0 heterocycles. The van der Waals surface area contributed by atoms with Crippen LogP contribution in [-0.4, -0.2) is 0 Å². The van der Waals surface area contributed by atoms with E-state index in [4.69, 9.17) is 0 Å². The molecule has 0 spiro atoms. The first-order valence-electron chi connectivity index (χ1n) is 8.83. The topological polar surface area (TPSA) is 0 Å². The van der Waals surface area contributed by atoms with E-state index in [1.54, 1.807) is 0 Å². The maximum Gasteiger partial charge on any atom is 0.0158 e. The minimum absolute atomic E-state index is 0.0742. The van der Waals surface area contributed by atoms with Crippen LogP contribution in [0.1, 0.15) is 50.3 Å². The van der Waals surface area contributed by atoms with E-state index >= 15 is 0 Å². The number of rotatable bonds is 2. The van der Waals surface area contributed by atoms with Crippen LogP contribution in [0.4, 0.5) is 0 Å². The lowest BCUT2D eigenvalue weighted by atomic mass is 9.81. The molecule has 0 saturated carbocycles. The molecule has 120 valence electrons. The summed E-state index contributed by atoms with van der Waals surface area (Å²) in [5, 5.41) is 0. The number of hydrogen-bond acceptors (Lipinski definition) is 0. The van der Waals surface area contributed by atoms with Gasteiger partial charge in [0.25, 0.3) is 0 Å². The minimum Gasteiger partial charge on any atom is -0.0622 e. The second-order valence-corrected chi connectivity index (χ2v) is 7.71. The van der Waals surface area contributed by atoms with E-state index in [9.17, 15) is 0 Å². The van der Waals surface area contributed by atoms with Gasteiger partial charge in [0.15, 0.2) is 0 Å². The van der Waals surface area contributed by atoms with Crippen LogP contribution < -0.4 is 0 Å². The Kier molecular flexibility index (Phi) is 3.38. The van der Waals surface area contributed by atoms with Crippen LogP contribution in [0.25, 0.3) is 22.3 Å². The van der Waals surface area contributed by atoms with Crippen molar-refractivity contribution in [2.75, 3.05) is 0 Å². The summed E-state index contributed by atoms with van der Waals surface area (Å²) in [7, 11) is 0. The predicted octanol–water partition coefficient (Wildman–Crippen LogP) is 6.78. The molecule has 0 N–H and O–H groups in total. The van der Waals surface area contributed by atoms with E-state index in [0.29, 0.717) is 5.92 Å². The molecule has 0 amide bonds. The number of benzene rings is 3. The summed E-state index contributed by atoms with van der Waals surface area (Å²) in [6, 6.07) is 24.7. The summed E-state index contributed by atoms with van der Waals surface area (Å²) in [5.74, 6) is 0.565. The fourth-order valence-corrected chi connectivity index (χ4v) is 3.94. The molecular formula is C24H24. The van der Waals surface area contributed by atoms with Crippen molar-refractivity contribution >= 4 is 0 Å². The first kappa shape index (κ1) is 15.2. The number of fused-ring (bicyclic) bond motifs is 3. The van der Waals surface area contributed by atoms with Gasteiger partial charge in [-0.2, -0.15) is 0 Å². The van der Waals surface area contributed by atoms with Gasteiger partial charge >= 0.3 is 0 Å². The van der Waals surface area contributed by atoms with Crippen molar-refractivity contribution in [3.05, 3.63) is 83.4 Å². The van der Waals surface area contributed by atoms with Crippen LogP contribution >= 0.6 is 0 Å². The smallest absolute Gasteiger partial charge is 0.0158 e. The first-order chi connectivity index (χ1) is 11.5. The molecule has 0 heteroatoms. The third kappa shape index (κ3) is 2.21. The molecule has 0 aliphatic heterocycles. The lowest BCUT2D eigenvalue weighted by Gasteiger charge is -2.22. The van der Waals surface area contributed by atoms with Crippen LogP contribution in [0, 0.1) is 0 Å². The first-order valence-corrected chi connectivity index (χ1v) is 8.83. The van der Waals surface area contributed by atoms with Crippen LogP contribution in [0.3, 0.4) is 0 Å². The Morgan fingerprint density at radius 3 is 2.12 bits per heavy atom. The van der Waals surface area contributed by atoms with Gasteiger partial charge in [-0.3, -0.25) is 0 Å².